The number of aromatic nitrogens is 2. The van der Waals surface area contributed by atoms with Crippen LogP contribution in [0.3, 0.4) is 0 Å². The van der Waals surface area contributed by atoms with Gasteiger partial charge >= 0.3 is 5.97 Å². The molecular formula is C12H10N2O5. The van der Waals surface area contributed by atoms with Crippen LogP contribution in [-0.4, -0.2) is 33.1 Å². The lowest BCUT2D eigenvalue weighted by Gasteiger charge is -2.07. The van der Waals surface area contributed by atoms with E-state index in [9.17, 15) is 14.7 Å². The van der Waals surface area contributed by atoms with Crippen LogP contribution < -0.4 is 10.2 Å². The monoisotopic (exact) mass is 262 g/mol. The minimum atomic E-state index is -1.50. The smallest absolute Gasteiger partial charge is 0.360 e. The van der Waals surface area contributed by atoms with Crippen LogP contribution in [0.15, 0.2) is 35.3 Å². The van der Waals surface area contributed by atoms with Crippen LogP contribution in [0.1, 0.15) is 10.5 Å². The number of benzene rings is 1. The number of carbonyl (C=O) groups is 1. The summed E-state index contributed by atoms with van der Waals surface area (Å²) in [5.74, 6) is -1.56. The first kappa shape index (κ1) is 12.6. The van der Waals surface area contributed by atoms with Gasteiger partial charge in [0, 0.05) is 0 Å². The zero-order valence-corrected chi connectivity index (χ0v) is 9.90. The summed E-state index contributed by atoms with van der Waals surface area (Å²) in [5.41, 5.74) is -1.27. The van der Waals surface area contributed by atoms with Crippen molar-refractivity contribution < 1.29 is 19.7 Å². The Morgan fingerprint density at radius 1 is 1.32 bits per heavy atom. The Kier molecular flexibility index (Phi) is 3.19. The first-order chi connectivity index (χ1) is 9.02. The van der Waals surface area contributed by atoms with Crippen molar-refractivity contribution in [1.82, 2.24) is 9.78 Å². The number of methoxy groups -OCH3 is 1. The molecule has 1 aromatic carbocycles. The molecule has 0 unspecified atom stereocenters. The molecule has 7 nitrogen and oxygen atoms in total. The number of ether oxygens (including phenoxy) is 1. The van der Waals surface area contributed by atoms with Gasteiger partial charge in [-0.25, -0.2) is 9.48 Å². The maximum atomic E-state index is 11.4. The fourth-order valence-electron chi connectivity index (χ4n) is 1.48. The van der Waals surface area contributed by atoms with E-state index < -0.39 is 22.8 Å². The second-order valence-corrected chi connectivity index (χ2v) is 3.64. The number of hydrogen-bond acceptors (Lipinski definition) is 5. The molecule has 0 bridgehead atoms. The second-order valence-electron chi connectivity index (χ2n) is 3.64. The summed E-state index contributed by atoms with van der Waals surface area (Å²) in [7, 11) is 1.51. The van der Waals surface area contributed by atoms with Gasteiger partial charge in [0.1, 0.15) is 5.75 Å². The highest BCUT2D eigenvalue weighted by atomic mass is 16.5. The van der Waals surface area contributed by atoms with Crippen LogP contribution >= 0.6 is 0 Å². The third-order valence-electron chi connectivity index (χ3n) is 2.44. The summed E-state index contributed by atoms with van der Waals surface area (Å²) < 4.78 is 6.10. The van der Waals surface area contributed by atoms with Gasteiger partial charge in [-0.2, -0.15) is 5.10 Å². The third kappa shape index (κ3) is 2.39. The molecule has 0 aliphatic carbocycles. The van der Waals surface area contributed by atoms with E-state index in [1.165, 1.54) is 7.11 Å². The quantitative estimate of drug-likeness (QED) is 0.841. The SMILES string of the molecule is COc1ccc(-n2cc(O)c(=O)c(C(=O)O)n2)cc1. The van der Waals surface area contributed by atoms with Crippen molar-refractivity contribution in [3.63, 3.8) is 0 Å². The molecule has 2 aromatic rings. The molecule has 0 fully saturated rings. The summed E-state index contributed by atoms with van der Waals surface area (Å²) in [6, 6.07) is 6.52. The Morgan fingerprint density at radius 3 is 2.47 bits per heavy atom. The molecule has 0 saturated carbocycles. The van der Waals surface area contributed by atoms with Crippen LogP contribution in [0, 0.1) is 0 Å². The van der Waals surface area contributed by atoms with E-state index in [1.807, 2.05) is 0 Å². The Morgan fingerprint density at radius 2 is 1.95 bits per heavy atom. The number of nitrogens with zero attached hydrogens (tertiary/aromatic N) is 2. The summed E-state index contributed by atoms with van der Waals surface area (Å²) in [5, 5.41) is 21.9. The number of hydrogen-bond donors (Lipinski definition) is 2. The lowest BCUT2D eigenvalue weighted by molar-refractivity contribution is 0.0686. The van der Waals surface area contributed by atoms with Gasteiger partial charge in [-0.1, -0.05) is 0 Å². The molecule has 2 N–H and O–H groups in total. The Balaban J connectivity index is 2.56. The zero-order valence-electron chi connectivity index (χ0n) is 9.90. The topological polar surface area (TPSA) is 102 Å². The molecule has 0 aliphatic heterocycles. The Hall–Kier alpha value is -2.83. The lowest BCUT2D eigenvalue weighted by atomic mass is 10.3. The average molecular weight is 262 g/mol. The average Bonchev–Trinajstić information content (AvgIpc) is 2.41. The number of carboxylic acid groups (broad SMARTS) is 1. The van der Waals surface area contributed by atoms with E-state index in [0.29, 0.717) is 11.4 Å². The van der Waals surface area contributed by atoms with Crippen LogP contribution in [0.25, 0.3) is 5.69 Å². The maximum Gasteiger partial charge on any atom is 0.360 e. The van der Waals surface area contributed by atoms with Crippen LogP contribution in [-0.2, 0) is 0 Å². The normalized spacial score (nSPS) is 10.2. The highest BCUT2D eigenvalue weighted by Gasteiger charge is 2.15. The van der Waals surface area contributed by atoms with Crippen molar-refractivity contribution in [2.24, 2.45) is 0 Å². The summed E-state index contributed by atoms with van der Waals surface area (Å²) in [4.78, 5) is 22.2. The summed E-state index contributed by atoms with van der Waals surface area (Å²) in [6.45, 7) is 0. The highest BCUT2D eigenvalue weighted by molar-refractivity contribution is 5.85. The lowest BCUT2D eigenvalue weighted by Crippen LogP contribution is -2.20. The van der Waals surface area contributed by atoms with Gasteiger partial charge in [-0.3, -0.25) is 4.79 Å². The number of rotatable bonds is 3. The van der Waals surface area contributed by atoms with Crippen molar-refractivity contribution in [2.75, 3.05) is 7.11 Å². The van der Waals surface area contributed by atoms with Gasteiger partial charge < -0.3 is 14.9 Å². The summed E-state index contributed by atoms with van der Waals surface area (Å²) >= 11 is 0. The Labute approximate surface area is 107 Å². The van der Waals surface area contributed by atoms with Crippen molar-refractivity contribution in [3.05, 3.63) is 46.4 Å². The minimum absolute atomic E-state index is 0.485. The molecule has 0 amide bonds. The van der Waals surface area contributed by atoms with Crippen molar-refractivity contribution >= 4 is 5.97 Å². The molecule has 0 spiro atoms. The molecule has 2 rings (SSSR count). The summed E-state index contributed by atoms with van der Waals surface area (Å²) in [6.07, 6.45) is 1.05. The molecular weight excluding hydrogens is 252 g/mol. The predicted molar refractivity (Wildman–Crippen MR) is 65.0 cm³/mol. The molecule has 0 aliphatic rings. The number of carboxylic acids is 1. The van der Waals surface area contributed by atoms with Crippen LogP contribution in [0.4, 0.5) is 0 Å². The largest absolute Gasteiger partial charge is 0.503 e. The van der Waals surface area contributed by atoms with Crippen molar-refractivity contribution in [3.8, 4) is 17.2 Å². The van der Waals surface area contributed by atoms with Crippen LogP contribution in [0.2, 0.25) is 0 Å². The molecule has 0 radical (unpaired) electrons. The number of aromatic hydroxyl groups is 1. The van der Waals surface area contributed by atoms with Crippen molar-refractivity contribution in [1.29, 1.82) is 0 Å². The molecule has 19 heavy (non-hydrogen) atoms. The van der Waals surface area contributed by atoms with E-state index in [2.05, 4.69) is 5.10 Å². The number of aromatic carboxylic acids is 1. The molecule has 1 aromatic heterocycles. The highest BCUT2D eigenvalue weighted by Crippen LogP contribution is 2.15. The van der Waals surface area contributed by atoms with E-state index in [4.69, 9.17) is 9.84 Å². The van der Waals surface area contributed by atoms with Gasteiger partial charge in [0.2, 0.25) is 5.69 Å². The van der Waals surface area contributed by atoms with E-state index in [1.54, 1.807) is 24.3 Å². The molecule has 7 heteroatoms. The third-order valence-corrected chi connectivity index (χ3v) is 2.44. The van der Waals surface area contributed by atoms with Gasteiger partial charge in [-0.05, 0) is 24.3 Å². The fourth-order valence-corrected chi connectivity index (χ4v) is 1.48. The first-order valence-electron chi connectivity index (χ1n) is 5.23. The van der Waals surface area contributed by atoms with E-state index in [-0.39, 0.29) is 0 Å². The first-order valence-corrected chi connectivity index (χ1v) is 5.23. The van der Waals surface area contributed by atoms with Gasteiger partial charge in [0.25, 0.3) is 5.43 Å². The van der Waals surface area contributed by atoms with E-state index >= 15 is 0 Å². The molecule has 98 valence electrons. The second kappa shape index (κ2) is 4.81. The molecule has 0 saturated heterocycles. The molecule has 0 atom stereocenters. The molecule has 1 heterocycles. The predicted octanol–water partition coefficient (Wildman–Crippen LogP) is 0.645. The van der Waals surface area contributed by atoms with Gasteiger partial charge in [0.05, 0.1) is 19.0 Å². The van der Waals surface area contributed by atoms with Crippen molar-refractivity contribution in [2.45, 2.75) is 0 Å². The fraction of sp³-hybridized carbons (Fsp3) is 0.0833. The Bertz CT molecular complexity index is 676. The standard InChI is InChI=1S/C12H10N2O5/c1-19-8-4-2-7(3-5-8)14-6-9(15)11(16)10(13-14)12(17)18/h2-6,15H,1H3,(H,17,18). The maximum absolute atomic E-state index is 11.4. The van der Waals surface area contributed by atoms with Gasteiger partial charge in [-0.15, -0.1) is 0 Å². The van der Waals surface area contributed by atoms with Gasteiger partial charge in [0.15, 0.2) is 5.75 Å². The van der Waals surface area contributed by atoms with Crippen LogP contribution in [0.5, 0.6) is 11.5 Å². The van der Waals surface area contributed by atoms with E-state index in [0.717, 1.165) is 10.9 Å². The zero-order chi connectivity index (χ0) is 14.0. The minimum Gasteiger partial charge on any atom is -0.503 e.